The maximum Gasteiger partial charge on any atom is 0.251 e. The van der Waals surface area contributed by atoms with E-state index in [0.717, 1.165) is 5.56 Å². The van der Waals surface area contributed by atoms with Crippen molar-refractivity contribution in [2.75, 3.05) is 12.8 Å². The number of hydrogen-bond acceptors (Lipinski definition) is 3. The van der Waals surface area contributed by atoms with Gasteiger partial charge in [0.25, 0.3) is 5.91 Å². The predicted octanol–water partition coefficient (Wildman–Crippen LogP) is 3.08. The lowest BCUT2D eigenvalue weighted by Gasteiger charge is -2.15. The number of methoxy groups -OCH3 is 1. The summed E-state index contributed by atoms with van der Waals surface area (Å²) in [5, 5.41) is 2.96. The molecule has 0 aliphatic carbocycles. The third kappa shape index (κ3) is 3.75. The lowest BCUT2D eigenvalue weighted by atomic mass is 10.1. The molecule has 0 saturated carbocycles. The van der Waals surface area contributed by atoms with E-state index in [0.29, 0.717) is 17.0 Å². The number of hydrogen-bond donors (Lipinski definition) is 2. The first-order valence-corrected chi connectivity index (χ1v) is 6.81. The van der Waals surface area contributed by atoms with Gasteiger partial charge in [-0.15, -0.1) is 0 Å². The topological polar surface area (TPSA) is 64.3 Å². The van der Waals surface area contributed by atoms with Crippen molar-refractivity contribution in [2.45, 2.75) is 19.9 Å². The van der Waals surface area contributed by atoms with Gasteiger partial charge >= 0.3 is 0 Å². The Hall–Kier alpha value is -2.49. The van der Waals surface area contributed by atoms with Crippen LogP contribution >= 0.6 is 0 Å². The standard InChI is InChI=1S/C17H20N2O2/c1-11-4-6-13(7-5-11)12(2)19-17(20)14-8-15(18)10-16(9-14)21-3/h4-10,12H,18H2,1-3H3,(H,19,20). The zero-order valence-electron chi connectivity index (χ0n) is 12.5. The molecule has 2 rings (SSSR count). The molecular weight excluding hydrogens is 264 g/mol. The van der Waals surface area contributed by atoms with Crippen LogP contribution in [0, 0.1) is 6.92 Å². The van der Waals surface area contributed by atoms with E-state index in [1.165, 1.54) is 5.56 Å². The molecule has 0 bridgehead atoms. The van der Waals surface area contributed by atoms with Crippen LogP contribution in [0.25, 0.3) is 0 Å². The van der Waals surface area contributed by atoms with Crippen molar-refractivity contribution < 1.29 is 9.53 Å². The van der Waals surface area contributed by atoms with Crippen LogP contribution in [0.3, 0.4) is 0 Å². The van der Waals surface area contributed by atoms with E-state index in [4.69, 9.17) is 10.5 Å². The summed E-state index contributed by atoms with van der Waals surface area (Å²) in [6, 6.07) is 13.0. The zero-order chi connectivity index (χ0) is 15.4. The van der Waals surface area contributed by atoms with E-state index in [2.05, 4.69) is 5.32 Å². The molecule has 0 aliphatic heterocycles. The lowest BCUT2D eigenvalue weighted by Crippen LogP contribution is -2.26. The van der Waals surface area contributed by atoms with Crippen molar-refractivity contribution >= 4 is 11.6 Å². The van der Waals surface area contributed by atoms with Crippen LogP contribution in [0.5, 0.6) is 5.75 Å². The van der Waals surface area contributed by atoms with Crippen LogP contribution in [0.15, 0.2) is 42.5 Å². The van der Waals surface area contributed by atoms with Gasteiger partial charge in [0.05, 0.1) is 13.2 Å². The van der Waals surface area contributed by atoms with E-state index < -0.39 is 0 Å². The molecule has 1 amide bonds. The number of ether oxygens (including phenoxy) is 1. The number of aryl methyl sites for hydroxylation is 1. The number of nitrogens with one attached hydrogen (secondary N) is 1. The molecule has 0 saturated heterocycles. The molecule has 0 spiro atoms. The Morgan fingerprint density at radius 3 is 2.48 bits per heavy atom. The van der Waals surface area contributed by atoms with Crippen molar-refractivity contribution in [1.82, 2.24) is 5.32 Å². The number of anilines is 1. The van der Waals surface area contributed by atoms with E-state index in [9.17, 15) is 4.79 Å². The van der Waals surface area contributed by atoms with Gasteiger partial charge in [-0.3, -0.25) is 4.79 Å². The van der Waals surface area contributed by atoms with Crippen LogP contribution < -0.4 is 15.8 Å². The Balaban J connectivity index is 2.13. The van der Waals surface area contributed by atoms with Gasteiger partial charge in [-0.2, -0.15) is 0 Å². The van der Waals surface area contributed by atoms with Crippen molar-refractivity contribution in [3.05, 3.63) is 59.2 Å². The van der Waals surface area contributed by atoms with Crippen molar-refractivity contribution in [3.63, 3.8) is 0 Å². The summed E-state index contributed by atoms with van der Waals surface area (Å²) < 4.78 is 5.13. The molecule has 4 nitrogen and oxygen atoms in total. The Kier molecular flexibility index (Phi) is 4.48. The van der Waals surface area contributed by atoms with Gasteiger partial charge in [-0.25, -0.2) is 0 Å². The van der Waals surface area contributed by atoms with Crippen LogP contribution in [0.1, 0.15) is 34.5 Å². The Morgan fingerprint density at radius 1 is 1.19 bits per heavy atom. The normalized spacial score (nSPS) is 11.8. The zero-order valence-corrected chi connectivity index (χ0v) is 12.5. The maximum atomic E-state index is 12.3. The Morgan fingerprint density at radius 2 is 1.86 bits per heavy atom. The smallest absolute Gasteiger partial charge is 0.251 e. The fourth-order valence-corrected chi connectivity index (χ4v) is 2.09. The fraction of sp³-hybridized carbons (Fsp3) is 0.235. The van der Waals surface area contributed by atoms with Gasteiger partial charge in [0.15, 0.2) is 0 Å². The molecule has 110 valence electrons. The van der Waals surface area contributed by atoms with E-state index in [1.807, 2.05) is 38.1 Å². The van der Waals surface area contributed by atoms with Gasteiger partial charge in [0, 0.05) is 17.3 Å². The molecule has 3 N–H and O–H groups in total. The number of carbonyl (C=O) groups excluding carboxylic acids is 1. The fourth-order valence-electron chi connectivity index (χ4n) is 2.09. The van der Waals surface area contributed by atoms with Crippen LogP contribution in [0.4, 0.5) is 5.69 Å². The number of nitrogens with two attached hydrogens (primary N) is 1. The number of benzene rings is 2. The number of nitrogen functional groups attached to an aromatic ring is 1. The molecule has 0 aromatic heterocycles. The first-order chi connectivity index (χ1) is 9.99. The second-order valence-corrected chi connectivity index (χ2v) is 5.10. The molecular formula is C17H20N2O2. The highest BCUT2D eigenvalue weighted by atomic mass is 16.5. The average Bonchev–Trinajstić information content (AvgIpc) is 2.47. The molecule has 1 atom stereocenters. The highest BCUT2D eigenvalue weighted by molar-refractivity contribution is 5.95. The molecule has 0 radical (unpaired) electrons. The second kappa shape index (κ2) is 6.31. The summed E-state index contributed by atoms with van der Waals surface area (Å²) >= 11 is 0. The first kappa shape index (κ1) is 14.9. The largest absolute Gasteiger partial charge is 0.497 e. The Bertz CT molecular complexity index is 636. The third-order valence-corrected chi connectivity index (χ3v) is 3.35. The first-order valence-electron chi connectivity index (χ1n) is 6.81. The lowest BCUT2D eigenvalue weighted by molar-refractivity contribution is 0.0939. The SMILES string of the molecule is COc1cc(N)cc(C(=O)NC(C)c2ccc(C)cc2)c1. The van der Waals surface area contributed by atoms with Crippen LogP contribution in [-0.4, -0.2) is 13.0 Å². The third-order valence-electron chi connectivity index (χ3n) is 3.35. The molecule has 21 heavy (non-hydrogen) atoms. The average molecular weight is 284 g/mol. The van der Waals surface area contributed by atoms with Crippen molar-refractivity contribution in [3.8, 4) is 5.75 Å². The minimum atomic E-state index is -0.173. The highest BCUT2D eigenvalue weighted by Gasteiger charge is 2.12. The minimum absolute atomic E-state index is 0.0782. The number of rotatable bonds is 4. The Labute approximate surface area is 124 Å². The summed E-state index contributed by atoms with van der Waals surface area (Å²) in [5.41, 5.74) is 9.02. The second-order valence-electron chi connectivity index (χ2n) is 5.10. The van der Waals surface area contributed by atoms with Gasteiger partial charge in [-0.05, 0) is 31.5 Å². The summed E-state index contributed by atoms with van der Waals surface area (Å²) in [6.45, 7) is 3.98. The van der Waals surface area contributed by atoms with Crippen molar-refractivity contribution in [1.29, 1.82) is 0 Å². The number of carbonyl (C=O) groups is 1. The minimum Gasteiger partial charge on any atom is -0.497 e. The molecule has 0 aliphatic rings. The quantitative estimate of drug-likeness (QED) is 0.848. The molecule has 2 aromatic rings. The summed E-state index contributed by atoms with van der Waals surface area (Å²) in [4.78, 5) is 12.3. The molecule has 1 unspecified atom stereocenters. The molecule has 0 heterocycles. The van der Waals surface area contributed by atoms with E-state index >= 15 is 0 Å². The predicted molar refractivity (Wildman–Crippen MR) is 84.5 cm³/mol. The monoisotopic (exact) mass is 284 g/mol. The van der Waals surface area contributed by atoms with Crippen LogP contribution in [-0.2, 0) is 0 Å². The summed E-state index contributed by atoms with van der Waals surface area (Å²) in [7, 11) is 1.55. The maximum absolute atomic E-state index is 12.3. The summed E-state index contributed by atoms with van der Waals surface area (Å²) in [5.74, 6) is 0.400. The molecule has 2 aromatic carbocycles. The summed E-state index contributed by atoms with van der Waals surface area (Å²) in [6.07, 6.45) is 0. The van der Waals surface area contributed by atoms with Crippen LogP contribution in [0.2, 0.25) is 0 Å². The van der Waals surface area contributed by atoms with Crippen molar-refractivity contribution in [2.24, 2.45) is 0 Å². The molecule has 0 fully saturated rings. The van der Waals surface area contributed by atoms with E-state index in [-0.39, 0.29) is 11.9 Å². The van der Waals surface area contributed by atoms with E-state index in [1.54, 1.807) is 25.3 Å². The van der Waals surface area contributed by atoms with Gasteiger partial charge in [0.1, 0.15) is 5.75 Å². The van der Waals surface area contributed by atoms with Gasteiger partial charge < -0.3 is 15.8 Å². The van der Waals surface area contributed by atoms with Gasteiger partial charge in [-0.1, -0.05) is 29.8 Å². The highest BCUT2D eigenvalue weighted by Crippen LogP contribution is 2.20. The molecule has 4 heteroatoms. The number of amides is 1. The van der Waals surface area contributed by atoms with Gasteiger partial charge in [0.2, 0.25) is 0 Å².